The van der Waals surface area contributed by atoms with Gasteiger partial charge in [-0.15, -0.1) is 0 Å². The molecule has 1 heterocycles. The maximum Gasteiger partial charge on any atom is 0.194 e. The molecule has 22 heavy (non-hydrogen) atoms. The van der Waals surface area contributed by atoms with E-state index in [2.05, 4.69) is 0 Å². The van der Waals surface area contributed by atoms with E-state index in [1.165, 1.54) is 6.07 Å². The predicted molar refractivity (Wildman–Crippen MR) is 87.6 cm³/mol. The second kappa shape index (κ2) is 4.83. The Balaban J connectivity index is 2.35. The number of Topliss-reactive ketones (excluding diaryl/α,β-unsaturated/α-hetero) is 1. The van der Waals surface area contributed by atoms with Crippen molar-refractivity contribution in [2.45, 2.75) is 33.6 Å². The quantitative estimate of drug-likeness (QED) is 0.880. The molecule has 0 unspecified atom stereocenters. The minimum atomic E-state index is -0.267. The van der Waals surface area contributed by atoms with Crippen LogP contribution in [-0.2, 0) is 6.42 Å². The van der Waals surface area contributed by atoms with E-state index in [1.54, 1.807) is 0 Å². The number of ketones is 1. The lowest BCUT2D eigenvalue weighted by atomic mass is 9.75. The third-order valence-electron chi connectivity index (χ3n) is 4.17. The first-order chi connectivity index (χ1) is 10.3. The van der Waals surface area contributed by atoms with Gasteiger partial charge in [0.25, 0.3) is 0 Å². The molecule has 0 spiro atoms. The minimum Gasteiger partial charge on any atom is -0.385 e. The van der Waals surface area contributed by atoms with Crippen molar-refractivity contribution in [3.8, 4) is 5.69 Å². The summed E-state index contributed by atoms with van der Waals surface area (Å²) in [7, 11) is 0. The number of nitrogen functional groups attached to an aromatic ring is 1. The summed E-state index contributed by atoms with van der Waals surface area (Å²) in [4.78, 5) is 24.7. The number of rotatable bonds is 1. The van der Waals surface area contributed by atoms with Gasteiger partial charge in [0, 0.05) is 23.9 Å². The molecule has 0 radical (unpaired) electrons. The summed E-state index contributed by atoms with van der Waals surface area (Å²) in [5.74, 6) is 0.289. The van der Waals surface area contributed by atoms with Crippen LogP contribution in [0, 0.1) is 12.3 Å². The number of benzene rings is 1. The monoisotopic (exact) mass is 296 g/mol. The van der Waals surface area contributed by atoms with E-state index < -0.39 is 0 Å². The van der Waals surface area contributed by atoms with Crippen LogP contribution in [-0.4, -0.2) is 10.4 Å². The van der Waals surface area contributed by atoms with E-state index in [9.17, 15) is 9.59 Å². The smallest absolute Gasteiger partial charge is 0.194 e. The number of aromatic nitrogens is 1. The van der Waals surface area contributed by atoms with Crippen molar-refractivity contribution in [1.82, 2.24) is 4.57 Å². The molecule has 3 rings (SSSR count). The maximum absolute atomic E-state index is 12.4. The predicted octanol–water partition coefficient (Wildman–Crippen LogP) is 2.88. The van der Waals surface area contributed by atoms with Crippen molar-refractivity contribution in [2.75, 3.05) is 5.73 Å². The number of fused-ring (bicyclic) bond motifs is 1. The standard InChI is InChI=1S/C18H20N2O2/c1-11-5-4-6-12(7-11)20-13-9-18(2,3)10-15(22)17(13)14(21)8-16(20)19/h4-8H,9-10,19H2,1-3H3. The van der Waals surface area contributed by atoms with Gasteiger partial charge in [-0.25, -0.2) is 0 Å². The highest BCUT2D eigenvalue weighted by Crippen LogP contribution is 2.35. The number of pyridine rings is 1. The van der Waals surface area contributed by atoms with E-state index in [1.807, 2.05) is 49.6 Å². The Morgan fingerprint density at radius 1 is 1.14 bits per heavy atom. The van der Waals surface area contributed by atoms with Crippen molar-refractivity contribution in [2.24, 2.45) is 5.41 Å². The van der Waals surface area contributed by atoms with Gasteiger partial charge in [0.2, 0.25) is 0 Å². The molecule has 4 nitrogen and oxygen atoms in total. The van der Waals surface area contributed by atoms with Gasteiger partial charge in [0.15, 0.2) is 11.2 Å². The van der Waals surface area contributed by atoms with Gasteiger partial charge in [-0.3, -0.25) is 14.2 Å². The van der Waals surface area contributed by atoms with Crippen LogP contribution < -0.4 is 11.2 Å². The first-order valence-electron chi connectivity index (χ1n) is 7.43. The number of nitrogens with zero attached hydrogens (tertiary/aromatic N) is 1. The molecule has 1 aliphatic rings. The first kappa shape index (κ1) is 14.6. The van der Waals surface area contributed by atoms with Crippen molar-refractivity contribution < 1.29 is 4.79 Å². The van der Waals surface area contributed by atoms with Crippen LogP contribution in [0.2, 0.25) is 0 Å². The zero-order chi connectivity index (χ0) is 16.1. The van der Waals surface area contributed by atoms with Gasteiger partial charge < -0.3 is 5.73 Å². The van der Waals surface area contributed by atoms with Crippen molar-refractivity contribution in [3.05, 3.63) is 57.4 Å². The molecule has 0 fully saturated rings. The van der Waals surface area contributed by atoms with Crippen LogP contribution in [0.25, 0.3) is 5.69 Å². The van der Waals surface area contributed by atoms with Crippen LogP contribution in [0.15, 0.2) is 35.1 Å². The summed E-state index contributed by atoms with van der Waals surface area (Å²) in [5.41, 5.74) is 8.70. The molecule has 0 saturated carbocycles. The number of hydrogen-bond acceptors (Lipinski definition) is 3. The SMILES string of the molecule is Cc1cccc(-n2c(N)cc(=O)c3c2CC(C)(C)CC3=O)c1. The summed E-state index contributed by atoms with van der Waals surface area (Å²) < 4.78 is 1.85. The Morgan fingerprint density at radius 2 is 1.86 bits per heavy atom. The Labute approximate surface area is 129 Å². The molecular weight excluding hydrogens is 276 g/mol. The molecule has 0 saturated heterocycles. The van der Waals surface area contributed by atoms with Crippen LogP contribution in [0.1, 0.15) is 41.9 Å². The Kier molecular flexibility index (Phi) is 3.20. The molecular formula is C18H20N2O2. The summed E-state index contributed by atoms with van der Waals surface area (Å²) in [5, 5.41) is 0. The van der Waals surface area contributed by atoms with E-state index in [-0.39, 0.29) is 16.6 Å². The summed E-state index contributed by atoms with van der Waals surface area (Å²) in [6, 6.07) is 9.26. The molecule has 0 bridgehead atoms. The molecule has 2 aromatic rings. The first-order valence-corrected chi connectivity index (χ1v) is 7.43. The highest BCUT2D eigenvalue weighted by Gasteiger charge is 2.35. The molecule has 0 amide bonds. The van der Waals surface area contributed by atoms with Gasteiger partial charge in [-0.1, -0.05) is 26.0 Å². The number of carbonyl (C=O) groups is 1. The minimum absolute atomic E-state index is 0.0855. The van der Waals surface area contributed by atoms with Gasteiger partial charge in [-0.2, -0.15) is 0 Å². The van der Waals surface area contributed by atoms with Crippen LogP contribution in [0.5, 0.6) is 0 Å². The molecule has 2 N–H and O–H groups in total. The zero-order valence-corrected chi connectivity index (χ0v) is 13.1. The lowest BCUT2D eigenvalue weighted by molar-refractivity contribution is 0.0908. The molecule has 4 heteroatoms. The average molecular weight is 296 g/mol. The molecule has 1 aliphatic carbocycles. The zero-order valence-electron chi connectivity index (χ0n) is 13.1. The fourth-order valence-electron chi connectivity index (χ4n) is 3.26. The lowest BCUT2D eigenvalue weighted by Gasteiger charge is -2.32. The molecule has 0 atom stereocenters. The Morgan fingerprint density at radius 3 is 2.55 bits per heavy atom. The number of hydrogen-bond donors (Lipinski definition) is 1. The fourth-order valence-corrected chi connectivity index (χ4v) is 3.26. The third kappa shape index (κ3) is 2.34. The van der Waals surface area contributed by atoms with E-state index in [0.717, 1.165) is 16.9 Å². The van der Waals surface area contributed by atoms with Gasteiger partial charge in [0.05, 0.1) is 5.56 Å². The van der Waals surface area contributed by atoms with Gasteiger partial charge in [0.1, 0.15) is 5.82 Å². The second-order valence-corrected chi connectivity index (χ2v) is 6.87. The highest BCUT2D eigenvalue weighted by atomic mass is 16.1. The largest absolute Gasteiger partial charge is 0.385 e. The van der Waals surface area contributed by atoms with Gasteiger partial charge in [-0.05, 0) is 36.5 Å². The normalized spacial score (nSPS) is 16.4. The molecule has 1 aromatic heterocycles. The van der Waals surface area contributed by atoms with Crippen LogP contribution in [0.3, 0.4) is 0 Å². The highest BCUT2D eigenvalue weighted by molar-refractivity contribution is 5.99. The molecule has 0 aliphatic heterocycles. The van der Waals surface area contributed by atoms with Crippen LogP contribution in [0.4, 0.5) is 5.82 Å². The maximum atomic E-state index is 12.4. The van der Waals surface area contributed by atoms with Gasteiger partial charge >= 0.3 is 0 Å². The van der Waals surface area contributed by atoms with E-state index in [4.69, 9.17) is 5.73 Å². The lowest BCUT2D eigenvalue weighted by Crippen LogP contribution is -2.35. The van der Waals surface area contributed by atoms with Crippen molar-refractivity contribution in [1.29, 1.82) is 0 Å². The molecule has 1 aromatic carbocycles. The number of aryl methyl sites for hydroxylation is 1. The third-order valence-corrected chi connectivity index (χ3v) is 4.17. The van der Waals surface area contributed by atoms with E-state index in [0.29, 0.717) is 24.2 Å². The Hall–Kier alpha value is -2.36. The summed E-state index contributed by atoms with van der Waals surface area (Å²) in [6.45, 7) is 6.09. The summed E-state index contributed by atoms with van der Waals surface area (Å²) in [6.07, 6.45) is 1.05. The summed E-state index contributed by atoms with van der Waals surface area (Å²) >= 11 is 0. The second-order valence-electron chi connectivity index (χ2n) is 6.87. The average Bonchev–Trinajstić information content (AvgIpc) is 2.35. The Bertz CT molecular complexity index is 831. The van der Waals surface area contributed by atoms with Crippen molar-refractivity contribution in [3.63, 3.8) is 0 Å². The topological polar surface area (TPSA) is 65.1 Å². The number of nitrogens with two attached hydrogens (primary N) is 1. The van der Waals surface area contributed by atoms with Crippen LogP contribution >= 0.6 is 0 Å². The number of anilines is 1. The van der Waals surface area contributed by atoms with Crippen molar-refractivity contribution >= 4 is 11.6 Å². The fraction of sp³-hybridized carbons (Fsp3) is 0.333. The van der Waals surface area contributed by atoms with E-state index >= 15 is 0 Å². The number of carbonyl (C=O) groups excluding carboxylic acids is 1. The molecule has 114 valence electrons.